The van der Waals surface area contributed by atoms with E-state index >= 15 is 0 Å². The molecule has 0 aliphatic carbocycles. The highest BCUT2D eigenvalue weighted by Gasteiger charge is 2.14. The second-order valence-corrected chi connectivity index (χ2v) is 5.74. The molecule has 0 spiro atoms. The van der Waals surface area contributed by atoms with E-state index < -0.39 is 0 Å². The Kier molecular flexibility index (Phi) is 3.69. The number of rotatable bonds is 3. The number of anilines is 2. The molecule has 1 aliphatic rings. The number of nitrogens with one attached hydrogen (secondary N) is 1. The molecule has 0 bridgehead atoms. The number of hydrogen-bond acceptors (Lipinski definition) is 4. The molecule has 1 aromatic heterocycles. The van der Waals surface area contributed by atoms with Crippen molar-refractivity contribution in [2.45, 2.75) is 19.8 Å². The van der Waals surface area contributed by atoms with Gasteiger partial charge in [0.25, 0.3) is 5.91 Å². The molecule has 1 N–H and O–H groups in total. The van der Waals surface area contributed by atoms with Crippen molar-refractivity contribution < 1.29 is 4.79 Å². The van der Waals surface area contributed by atoms with Crippen molar-refractivity contribution >= 4 is 28.6 Å². The van der Waals surface area contributed by atoms with Gasteiger partial charge in [0.2, 0.25) is 0 Å². The number of aryl methyl sites for hydroxylation is 1. The summed E-state index contributed by atoms with van der Waals surface area (Å²) in [4.78, 5) is 18.4. The van der Waals surface area contributed by atoms with Crippen LogP contribution in [0.15, 0.2) is 29.1 Å². The minimum absolute atomic E-state index is 0.150. The van der Waals surface area contributed by atoms with Crippen LogP contribution in [0.5, 0.6) is 0 Å². The summed E-state index contributed by atoms with van der Waals surface area (Å²) in [6.07, 6.45) is 2.53. The Morgan fingerprint density at radius 2 is 2.15 bits per heavy atom. The fraction of sp³-hybridized carbons (Fsp3) is 0.333. The molecule has 1 saturated heterocycles. The number of thiazole rings is 1. The molecule has 0 radical (unpaired) electrons. The van der Waals surface area contributed by atoms with Gasteiger partial charge in [-0.15, -0.1) is 11.3 Å². The third-order valence-electron chi connectivity index (χ3n) is 3.59. The van der Waals surface area contributed by atoms with Crippen molar-refractivity contribution in [1.29, 1.82) is 0 Å². The van der Waals surface area contributed by atoms with Crippen molar-refractivity contribution in [1.82, 2.24) is 4.98 Å². The SMILES string of the molecule is Cc1cc(N2CCCC2)ccc1NC(=O)c1cscn1. The zero-order valence-corrected chi connectivity index (χ0v) is 12.2. The standard InChI is InChI=1S/C15H17N3OS/c1-11-8-12(18-6-2-3-7-18)4-5-13(11)17-15(19)14-9-20-10-16-14/h4-5,8-10H,2-3,6-7H2,1H3,(H,17,19). The van der Waals surface area contributed by atoms with Crippen LogP contribution in [0, 0.1) is 6.92 Å². The Balaban J connectivity index is 1.75. The van der Waals surface area contributed by atoms with Gasteiger partial charge >= 0.3 is 0 Å². The van der Waals surface area contributed by atoms with Gasteiger partial charge in [-0.05, 0) is 43.5 Å². The van der Waals surface area contributed by atoms with E-state index in [1.807, 2.05) is 13.0 Å². The minimum atomic E-state index is -0.150. The average molecular weight is 287 g/mol. The minimum Gasteiger partial charge on any atom is -0.372 e. The van der Waals surface area contributed by atoms with Crippen LogP contribution in [0.4, 0.5) is 11.4 Å². The van der Waals surface area contributed by atoms with Gasteiger partial charge in [-0.1, -0.05) is 0 Å². The van der Waals surface area contributed by atoms with Gasteiger partial charge in [-0.3, -0.25) is 4.79 Å². The van der Waals surface area contributed by atoms with Crippen molar-refractivity contribution in [3.8, 4) is 0 Å². The van der Waals surface area contributed by atoms with Gasteiger partial charge in [0.05, 0.1) is 5.51 Å². The van der Waals surface area contributed by atoms with Crippen LogP contribution in [0.1, 0.15) is 28.9 Å². The molecule has 4 nitrogen and oxygen atoms in total. The molecule has 5 heteroatoms. The van der Waals surface area contributed by atoms with E-state index in [9.17, 15) is 4.79 Å². The number of aromatic nitrogens is 1. The number of carbonyl (C=O) groups is 1. The monoisotopic (exact) mass is 287 g/mol. The Bertz CT molecular complexity index is 604. The Labute approximate surface area is 122 Å². The zero-order valence-electron chi connectivity index (χ0n) is 11.4. The molecule has 1 aromatic carbocycles. The second-order valence-electron chi connectivity index (χ2n) is 5.02. The van der Waals surface area contributed by atoms with Crippen molar-refractivity contribution in [3.63, 3.8) is 0 Å². The van der Waals surface area contributed by atoms with E-state index in [1.54, 1.807) is 10.9 Å². The van der Waals surface area contributed by atoms with Gasteiger partial charge in [0.15, 0.2) is 0 Å². The van der Waals surface area contributed by atoms with Crippen molar-refractivity contribution in [3.05, 3.63) is 40.3 Å². The van der Waals surface area contributed by atoms with E-state index in [2.05, 4.69) is 27.3 Å². The van der Waals surface area contributed by atoms with Crippen molar-refractivity contribution in [2.24, 2.45) is 0 Å². The molecule has 0 saturated carbocycles. The lowest BCUT2D eigenvalue weighted by Crippen LogP contribution is -2.18. The molecule has 1 fully saturated rings. The van der Waals surface area contributed by atoms with Gasteiger partial charge in [0, 0.05) is 29.8 Å². The summed E-state index contributed by atoms with van der Waals surface area (Å²) in [5.41, 5.74) is 5.31. The Morgan fingerprint density at radius 1 is 1.35 bits per heavy atom. The average Bonchev–Trinajstić information content (AvgIpc) is 3.14. The molecular weight excluding hydrogens is 270 g/mol. The third kappa shape index (κ3) is 2.67. The summed E-state index contributed by atoms with van der Waals surface area (Å²) in [5.74, 6) is -0.150. The Morgan fingerprint density at radius 3 is 2.80 bits per heavy atom. The predicted molar refractivity (Wildman–Crippen MR) is 82.7 cm³/mol. The van der Waals surface area contributed by atoms with E-state index in [1.165, 1.54) is 29.9 Å². The summed E-state index contributed by atoms with van der Waals surface area (Å²) in [5, 5.41) is 4.67. The van der Waals surface area contributed by atoms with Crippen LogP contribution in [-0.4, -0.2) is 24.0 Å². The maximum absolute atomic E-state index is 12.0. The first-order chi connectivity index (χ1) is 9.74. The summed E-state index contributed by atoms with van der Waals surface area (Å²) in [6, 6.07) is 6.20. The fourth-order valence-electron chi connectivity index (χ4n) is 2.47. The van der Waals surface area contributed by atoms with E-state index in [0.717, 1.165) is 24.3 Å². The van der Waals surface area contributed by atoms with E-state index in [-0.39, 0.29) is 5.91 Å². The lowest BCUT2D eigenvalue weighted by Gasteiger charge is -2.19. The molecule has 1 amide bonds. The first kappa shape index (κ1) is 13.1. The van der Waals surface area contributed by atoms with Gasteiger partial charge in [0.1, 0.15) is 5.69 Å². The van der Waals surface area contributed by atoms with Crippen LogP contribution in [0.25, 0.3) is 0 Å². The van der Waals surface area contributed by atoms with Crippen molar-refractivity contribution in [2.75, 3.05) is 23.3 Å². The number of benzene rings is 1. The first-order valence-electron chi connectivity index (χ1n) is 6.79. The molecule has 20 heavy (non-hydrogen) atoms. The van der Waals surface area contributed by atoms with Crippen LogP contribution < -0.4 is 10.2 Å². The van der Waals surface area contributed by atoms with Crippen LogP contribution in [0.3, 0.4) is 0 Å². The number of hydrogen-bond donors (Lipinski definition) is 1. The number of amides is 1. The van der Waals surface area contributed by atoms with Gasteiger partial charge < -0.3 is 10.2 Å². The summed E-state index contributed by atoms with van der Waals surface area (Å²) in [7, 11) is 0. The largest absolute Gasteiger partial charge is 0.372 e. The van der Waals surface area contributed by atoms with E-state index in [0.29, 0.717) is 5.69 Å². The molecule has 0 unspecified atom stereocenters. The maximum Gasteiger partial charge on any atom is 0.275 e. The Hall–Kier alpha value is -1.88. The number of carbonyl (C=O) groups excluding carboxylic acids is 1. The number of nitrogens with zero attached hydrogens (tertiary/aromatic N) is 2. The van der Waals surface area contributed by atoms with Crippen LogP contribution in [0.2, 0.25) is 0 Å². The smallest absolute Gasteiger partial charge is 0.275 e. The third-order valence-corrected chi connectivity index (χ3v) is 4.18. The van der Waals surface area contributed by atoms with Crippen LogP contribution in [-0.2, 0) is 0 Å². The predicted octanol–water partition coefficient (Wildman–Crippen LogP) is 3.30. The fourth-order valence-corrected chi connectivity index (χ4v) is 3.00. The summed E-state index contributed by atoms with van der Waals surface area (Å²) >= 11 is 1.42. The summed E-state index contributed by atoms with van der Waals surface area (Å²) < 4.78 is 0. The van der Waals surface area contributed by atoms with Gasteiger partial charge in [-0.2, -0.15) is 0 Å². The quantitative estimate of drug-likeness (QED) is 0.942. The molecule has 3 rings (SSSR count). The second kappa shape index (κ2) is 5.63. The molecular formula is C15H17N3OS. The highest BCUT2D eigenvalue weighted by atomic mass is 32.1. The molecule has 104 valence electrons. The zero-order chi connectivity index (χ0) is 13.9. The van der Waals surface area contributed by atoms with Gasteiger partial charge in [-0.25, -0.2) is 4.98 Å². The lowest BCUT2D eigenvalue weighted by molar-refractivity contribution is 0.102. The highest BCUT2D eigenvalue weighted by molar-refractivity contribution is 7.07. The maximum atomic E-state index is 12.0. The lowest BCUT2D eigenvalue weighted by atomic mass is 10.1. The molecule has 1 aliphatic heterocycles. The molecule has 2 aromatic rings. The topological polar surface area (TPSA) is 45.2 Å². The molecule has 2 heterocycles. The normalized spacial score (nSPS) is 14.6. The molecule has 0 atom stereocenters. The van der Waals surface area contributed by atoms with Crippen LogP contribution >= 0.6 is 11.3 Å². The van der Waals surface area contributed by atoms with E-state index in [4.69, 9.17) is 0 Å². The first-order valence-corrected chi connectivity index (χ1v) is 7.73. The highest BCUT2D eigenvalue weighted by Crippen LogP contribution is 2.25. The summed E-state index contributed by atoms with van der Waals surface area (Å²) in [6.45, 7) is 4.28.